The second-order valence-corrected chi connectivity index (χ2v) is 32.1. The van der Waals surface area contributed by atoms with Crippen LogP contribution in [0.2, 0.25) is 0 Å². The number of likely N-dealkylation sites (N-methyl/N-ethyl adjacent to an activating group) is 4. The number of hydrogen-bond acceptors (Lipinski definition) is 7. The molecule has 0 N–H and O–H groups in total. The molecule has 18 rings (SSSR count). The third-order valence-electron chi connectivity index (χ3n) is 22.1. The zero-order valence-corrected chi connectivity index (χ0v) is 64.6. The number of aliphatic imine (C=N–C) groups is 1. The average molecular weight is 1400 g/mol. The van der Waals surface area contributed by atoms with Gasteiger partial charge >= 0.3 is 0 Å². The van der Waals surface area contributed by atoms with Crippen LogP contribution in [0.3, 0.4) is 0 Å². The summed E-state index contributed by atoms with van der Waals surface area (Å²) in [6.07, 6.45) is 15.8. The Balaban J connectivity index is 0.000000111. The van der Waals surface area contributed by atoms with Crippen molar-refractivity contribution in [1.29, 1.82) is 0 Å². The maximum Gasteiger partial charge on any atom is 0.0646 e. The highest BCUT2D eigenvalue weighted by Crippen LogP contribution is 2.40. The fraction of sp³-hybridized carbons (Fsp3) is 0.293. The third kappa shape index (κ3) is 13.9. The van der Waals surface area contributed by atoms with Gasteiger partial charge in [0.2, 0.25) is 0 Å². The number of thiophene rings is 2. The van der Waals surface area contributed by atoms with E-state index in [1.807, 2.05) is 28.9 Å². The summed E-state index contributed by atoms with van der Waals surface area (Å²) in [5.74, 6) is 0. The van der Waals surface area contributed by atoms with Gasteiger partial charge in [-0.2, -0.15) is 0 Å². The van der Waals surface area contributed by atoms with Crippen molar-refractivity contribution in [2.24, 2.45) is 4.99 Å². The van der Waals surface area contributed by atoms with E-state index in [4.69, 9.17) is 0 Å². The Kier molecular flexibility index (Phi) is 19.7. The summed E-state index contributed by atoms with van der Waals surface area (Å²) < 4.78 is 9.79. The van der Waals surface area contributed by atoms with Gasteiger partial charge in [0.1, 0.15) is 0 Å². The summed E-state index contributed by atoms with van der Waals surface area (Å²) in [7, 11) is 8.88. The Hall–Kier alpha value is -9.17. The first kappa shape index (κ1) is 69.5. The van der Waals surface area contributed by atoms with Gasteiger partial charge in [-0.05, 0) is 252 Å². The van der Waals surface area contributed by atoms with E-state index in [0.717, 1.165) is 84.6 Å². The highest BCUT2D eigenvalue weighted by molar-refractivity contribution is 7.11. The van der Waals surface area contributed by atoms with Crippen molar-refractivity contribution in [1.82, 2.24) is 37.9 Å². The Morgan fingerprint density at radius 3 is 1.23 bits per heavy atom. The molecule has 0 unspecified atom stereocenters. The van der Waals surface area contributed by atoms with Gasteiger partial charge in [-0.15, -0.1) is 22.7 Å². The van der Waals surface area contributed by atoms with E-state index in [1.54, 1.807) is 0 Å². The number of benzene rings is 7. The number of rotatable bonds is 8. The van der Waals surface area contributed by atoms with Crippen LogP contribution < -0.4 is 0 Å². The van der Waals surface area contributed by atoms with E-state index < -0.39 is 0 Å². The van der Waals surface area contributed by atoms with Crippen molar-refractivity contribution in [3.05, 3.63) is 267 Å². The minimum Gasteiger partial charge on any atom is -0.320 e. The van der Waals surface area contributed by atoms with Gasteiger partial charge in [-0.3, -0.25) is 4.99 Å². The minimum absolute atomic E-state index is 0.809. The van der Waals surface area contributed by atoms with Gasteiger partial charge in [0.15, 0.2) is 0 Å². The zero-order valence-electron chi connectivity index (χ0n) is 62.9. The molecule has 0 aliphatic carbocycles. The Morgan fingerprint density at radius 1 is 0.388 bits per heavy atom. The van der Waals surface area contributed by atoms with Crippen LogP contribution in [-0.2, 0) is 58.4 Å². The number of aromatic nitrogens is 4. The number of hydrogen-bond donors (Lipinski definition) is 0. The lowest BCUT2D eigenvalue weighted by Crippen LogP contribution is -2.26. The van der Waals surface area contributed by atoms with E-state index in [2.05, 4.69) is 321 Å². The number of aryl methyl sites for hydroxylation is 6. The van der Waals surface area contributed by atoms with Crippen molar-refractivity contribution in [3.8, 4) is 0 Å². The molecule has 0 saturated carbocycles. The first-order valence-electron chi connectivity index (χ1n) is 37.0. The molecule has 0 atom stereocenters. The highest BCUT2D eigenvalue weighted by Gasteiger charge is 2.27. The SMILES string of the molecule is C/C(=C/n1c2c(c3cc(C)ccc31)CN(C)CC2)c1cccc2c1C=NC2.C/C(=C/n1c2c(c3cc(C)ccc31)CN(C)CC2)c1cccc2ccccc12.C/C(=C/n1c2c(c3cc(C)ccc31)CN(C)CC2)c1sccc1C.C/C(=C\n1c2c(c3cc(C)ccc31)CN(C)CC2)c1cc(C)cs1. The van der Waals surface area contributed by atoms with Crippen LogP contribution in [0.4, 0.5) is 0 Å². The second kappa shape index (κ2) is 29.2. The normalized spacial score (nSPS) is 16.0. The van der Waals surface area contributed by atoms with Crippen LogP contribution in [-0.4, -0.2) is 98.5 Å². The van der Waals surface area contributed by atoms with E-state index >= 15 is 0 Å². The summed E-state index contributed by atoms with van der Waals surface area (Å²) in [4.78, 5) is 16.9. The number of allylic oxidation sites excluding steroid dienone is 4. The summed E-state index contributed by atoms with van der Waals surface area (Å²) >= 11 is 3.67. The maximum atomic E-state index is 4.47. The van der Waals surface area contributed by atoms with Crippen LogP contribution in [0.5, 0.6) is 0 Å². The van der Waals surface area contributed by atoms with Gasteiger partial charge in [-0.1, -0.05) is 107 Å². The molecule has 0 radical (unpaired) electrons. The van der Waals surface area contributed by atoms with Crippen molar-refractivity contribution in [2.45, 2.75) is 128 Å². The molecule has 11 heteroatoms. The quantitative estimate of drug-likeness (QED) is 0.152. The molecular weight excluding hydrogens is 1300 g/mol. The van der Waals surface area contributed by atoms with Crippen LogP contribution in [0, 0.1) is 41.5 Å². The molecular formula is C92H99N9S2. The summed E-state index contributed by atoms with van der Waals surface area (Å²) in [5, 5.41) is 12.7. The predicted molar refractivity (Wildman–Crippen MR) is 446 cm³/mol. The molecule has 11 heterocycles. The fourth-order valence-corrected chi connectivity index (χ4v) is 18.4. The molecule has 5 aliphatic rings. The van der Waals surface area contributed by atoms with Crippen LogP contribution in [0.1, 0.15) is 138 Å². The van der Waals surface area contributed by atoms with Gasteiger partial charge in [0.25, 0.3) is 0 Å². The molecule has 0 fully saturated rings. The molecule has 7 aromatic carbocycles. The van der Waals surface area contributed by atoms with E-state index in [0.29, 0.717) is 0 Å². The van der Waals surface area contributed by atoms with E-state index in [1.165, 1.54) is 187 Å². The second-order valence-electron chi connectivity index (χ2n) is 30.3. The van der Waals surface area contributed by atoms with Gasteiger partial charge in [0, 0.05) is 169 Å². The van der Waals surface area contributed by atoms with Crippen LogP contribution >= 0.6 is 22.7 Å². The monoisotopic (exact) mass is 1390 g/mol. The van der Waals surface area contributed by atoms with Gasteiger partial charge < -0.3 is 37.9 Å². The molecule has 0 bridgehead atoms. The fourth-order valence-electron chi connectivity index (χ4n) is 16.7. The molecule has 0 spiro atoms. The van der Waals surface area contributed by atoms with Crippen molar-refractivity contribution in [3.63, 3.8) is 0 Å². The first-order chi connectivity index (χ1) is 49.8. The van der Waals surface area contributed by atoms with Crippen molar-refractivity contribution in [2.75, 3.05) is 54.4 Å². The molecule has 13 aromatic rings. The predicted octanol–water partition coefficient (Wildman–Crippen LogP) is 21.6. The minimum atomic E-state index is 0.809. The van der Waals surface area contributed by atoms with E-state index in [-0.39, 0.29) is 0 Å². The molecule has 524 valence electrons. The van der Waals surface area contributed by atoms with Crippen molar-refractivity contribution < 1.29 is 0 Å². The maximum absolute atomic E-state index is 4.47. The van der Waals surface area contributed by atoms with E-state index in [9.17, 15) is 0 Å². The Morgan fingerprint density at radius 2 is 0.796 bits per heavy atom. The summed E-state index contributed by atoms with van der Waals surface area (Å²) in [6, 6.07) is 53.8. The molecule has 6 aromatic heterocycles. The largest absolute Gasteiger partial charge is 0.320 e. The van der Waals surface area contributed by atoms with Gasteiger partial charge in [-0.25, -0.2) is 0 Å². The topological polar surface area (TPSA) is 45.0 Å². The lowest BCUT2D eigenvalue weighted by Gasteiger charge is -2.23. The molecule has 0 saturated heterocycles. The molecule has 103 heavy (non-hydrogen) atoms. The molecule has 9 nitrogen and oxygen atoms in total. The standard InChI is InChI=1S/C26H26N2.C24H25N3.2C21H24N2S/c1-18-11-12-25-23(15-18)24-17-27(3)14-13-26(24)28(25)16-19(2)21-10-6-8-20-7-4-5-9-22(20)21;1-16-7-8-23-20(11-16)22-15-26(3)10-9-24(22)27(23)14-17(2)19-6-4-5-18-12-25-13-21(18)19;1-14-5-6-19-17(11-14)18-13-22(4)9-7-20(18)23(19)12-16(3)21-15(2)8-10-24-21;1-14-5-6-19-17(9-14)18-12-22(4)8-7-20(18)23(19)11-16(3)21-10-15(2)13-24-21/h4-12,15-16H,13-14,17H2,1-3H3;4-8,11,13-14H,9-10,12,15H2,1-3H3;5-6,8,10-12H,7,9,13H2,1-4H3;5-6,9-11,13H,7-8,12H2,1-4H3/b19-16-;17-14-;16-12-;16-11+. The average Bonchev–Trinajstić information content (AvgIpc) is 1.79. The number of fused-ring (bicyclic) bond motifs is 14. The Labute approximate surface area is 617 Å². The third-order valence-corrected chi connectivity index (χ3v) is 24.4. The lowest BCUT2D eigenvalue weighted by molar-refractivity contribution is 0.312. The summed E-state index contributed by atoms with van der Waals surface area (Å²) in [5.41, 5.74) is 35.8. The molecule has 5 aliphatic heterocycles. The van der Waals surface area contributed by atoms with Crippen LogP contribution in [0.25, 0.3) is 101 Å². The lowest BCUT2D eigenvalue weighted by atomic mass is 9.98. The summed E-state index contributed by atoms with van der Waals surface area (Å²) in [6.45, 7) is 31.5. The number of nitrogens with zero attached hydrogens (tertiary/aromatic N) is 9. The van der Waals surface area contributed by atoms with Gasteiger partial charge in [0.05, 0.1) is 28.6 Å². The van der Waals surface area contributed by atoms with Crippen LogP contribution in [0.15, 0.2) is 161 Å². The highest BCUT2D eigenvalue weighted by atomic mass is 32.1. The molecule has 0 amide bonds. The van der Waals surface area contributed by atoms with Crippen molar-refractivity contribution >= 4 is 130 Å². The smallest absolute Gasteiger partial charge is 0.0646 e. The first-order valence-corrected chi connectivity index (χ1v) is 38.7. The zero-order chi connectivity index (χ0) is 71.5. The Bertz CT molecular complexity index is 5590.